The molecule has 2 N–H and O–H groups in total. The van der Waals surface area contributed by atoms with Crippen LogP contribution >= 0.6 is 15.9 Å². The van der Waals surface area contributed by atoms with Gasteiger partial charge in [0.2, 0.25) is 5.75 Å². The van der Waals surface area contributed by atoms with Crippen LogP contribution in [0.2, 0.25) is 0 Å². The van der Waals surface area contributed by atoms with E-state index in [1.54, 1.807) is 18.2 Å². The number of hydrogen-bond acceptors (Lipinski definition) is 5. The van der Waals surface area contributed by atoms with Crippen LogP contribution in [0.3, 0.4) is 0 Å². The minimum absolute atomic E-state index is 0.0658. The summed E-state index contributed by atoms with van der Waals surface area (Å²) in [5.74, 6) is 0.504. The molecule has 0 aliphatic heterocycles. The van der Waals surface area contributed by atoms with E-state index in [1.165, 1.54) is 18.2 Å². The number of rotatable bonds is 4. The van der Waals surface area contributed by atoms with Gasteiger partial charge in [-0.05, 0) is 30.3 Å². The number of nitrogens with two attached hydrogens (primary N) is 1. The fraction of sp³-hybridized carbons (Fsp3) is 0.0714. The molecule has 0 radical (unpaired) electrons. The third-order valence-electron chi connectivity index (χ3n) is 2.75. The van der Waals surface area contributed by atoms with Gasteiger partial charge in [-0.3, -0.25) is 10.1 Å². The highest BCUT2D eigenvalue weighted by atomic mass is 79.9. The highest BCUT2D eigenvalue weighted by Crippen LogP contribution is 2.34. The average Bonchev–Trinajstić information content (AvgIpc) is 2.49. The van der Waals surface area contributed by atoms with Gasteiger partial charge in [-0.25, -0.2) is 0 Å². The predicted octanol–water partition coefficient (Wildman–Crippen LogP) is 3.48. The second-order valence-corrected chi connectivity index (χ2v) is 5.03. The Balaban J connectivity index is 2.45. The van der Waals surface area contributed by atoms with Crippen LogP contribution in [0.4, 0.5) is 5.69 Å². The van der Waals surface area contributed by atoms with E-state index in [2.05, 4.69) is 15.9 Å². The highest BCUT2D eigenvalue weighted by molar-refractivity contribution is 9.10. The second-order valence-electron chi connectivity index (χ2n) is 4.11. The normalized spacial score (nSPS) is 9.95. The van der Waals surface area contributed by atoms with Crippen molar-refractivity contribution in [2.75, 3.05) is 0 Å². The van der Waals surface area contributed by atoms with Crippen LogP contribution in [-0.2, 0) is 6.54 Å². The molecular formula is C14H10BrN3O3. The molecular weight excluding hydrogens is 338 g/mol. The van der Waals surface area contributed by atoms with Crippen molar-refractivity contribution in [3.8, 4) is 17.6 Å². The summed E-state index contributed by atoms with van der Waals surface area (Å²) in [6.07, 6.45) is 0. The lowest BCUT2D eigenvalue weighted by Gasteiger charge is -2.10. The summed E-state index contributed by atoms with van der Waals surface area (Å²) in [5, 5.41) is 19.9. The van der Waals surface area contributed by atoms with Crippen LogP contribution in [0.25, 0.3) is 0 Å². The van der Waals surface area contributed by atoms with Crippen molar-refractivity contribution in [2.45, 2.75) is 6.54 Å². The molecule has 0 fully saturated rings. The van der Waals surface area contributed by atoms with Crippen molar-refractivity contribution in [2.24, 2.45) is 5.73 Å². The van der Waals surface area contributed by atoms with Crippen molar-refractivity contribution in [3.63, 3.8) is 0 Å². The molecule has 0 spiro atoms. The predicted molar refractivity (Wildman–Crippen MR) is 79.9 cm³/mol. The molecule has 0 unspecified atom stereocenters. The zero-order valence-corrected chi connectivity index (χ0v) is 12.3. The molecule has 0 bridgehead atoms. The number of halogens is 1. The first-order valence-corrected chi connectivity index (χ1v) is 6.69. The summed E-state index contributed by atoms with van der Waals surface area (Å²) in [4.78, 5) is 10.5. The molecule has 0 heterocycles. The highest BCUT2D eigenvalue weighted by Gasteiger charge is 2.18. The van der Waals surface area contributed by atoms with Crippen LogP contribution in [0.5, 0.6) is 11.5 Å². The molecule has 0 aliphatic rings. The van der Waals surface area contributed by atoms with Gasteiger partial charge in [0.15, 0.2) is 0 Å². The lowest BCUT2D eigenvalue weighted by atomic mass is 10.2. The molecule has 106 valence electrons. The molecule has 0 atom stereocenters. The molecule has 21 heavy (non-hydrogen) atoms. The van der Waals surface area contributed by atoms with Crippen LogP contribution in [-0.4, -0.2) is 4.92 Å². The molecule has 0 amide bonds. The van der Waals surface area contributed by atoms with Crippen molar-refractivity contribution in [1.29, 1.82) is 5.26 Å². The average molecular weight is 348 g/mol. The van der Waals surface area contributed by atoms with E-state index in [0.29, 0.717) is 11.3 Å². The van der Waals surface area contributed by atoms with Crippen molar-refractivity contribution in [1.82, 2.24) is 0 Å². The Morgan fingerprint density at radius 1 is 1.29 bits per heavy atom. The van der Waals surface area contributed by atoms with Gasteiger partial charge in [0.1, 0.15) is 5.75 Å². The van der Waals surface area contributed by atoms with Crippen LogP contribution < -0.4 is 10.5 Å². The largest absolute Gasteiger partial charge is 0.450 e. The lowest BCUT2D eigenvalue weighted by molar-refractivity contribution is -0.385. The molecule has 6 nitrogen and oxygen atoms in total. The number of nitriles is 1. The quantitative estimate of drug-likeness (QED) is 0.673. The molecule has 2 aromatic rings. The van der Waals surface area contributed by atoms with E-state index in [1.807, 2.05) is 6.07 Å². The Morgan fingerprint density at radius 3 is 2.62 bits per heavy atom. The Morgan fingerprint density at radius 2 is 2.00 bits per heavy atom. The molecule has 7 heteroatoms. The van der Waals surface area contributed by atoms with E-state index < -0.39 is 4.92 Å². The van der Waals surface area contributed by atoms with E-state index in [4.69, 9.17) is 15.7 Å². The fourth-order valence-electron chi connectivity index (χ4n) is 1.74. The number of ether oxygens (including phenoxy) is 1. The van der Waals surface area contributed by atoms with Crippen molar-refractivity contribution >= 4 is 21.6 Å². The number of nitrogens with zero attached hydrogens (tertiary/aromatic N) is 2. The summed E-state index contributed by atoms with van der Waals surface area (Å²) in [6.45, 7) is 0.235. The Labute approximate surface area is 129 Å². The van der Waals surface area contributed by atoms with Gasteiger partial charge in [-0.15, -0.1) is 0 Å². The molecule has 0 saturated heterocycles. The summed E-state index contributed by atoms with van der Waals surface area (Å²) in [7, 11) is 0. The number of nitro benzene ring substituents is 1. The minimum atomic E-state index is -0.586. The first kappa shape index (κ1) is 15.0. The smallest absolute Gasteiger partial charge is 0.312 e. The van der Waals surface area contributed by atoms with Crippen molar-refractivity contribution in [3.05, 3.63) is 62.1 Å². The topological polar surface area (TPSA) is 102 Å². The van der Waals surface area contributed by atoms with Gasteiger partial charge >= 0.3 is 5.69 Å². The zero-order chi connectivity index (χ0) is 15.4. The Hall–Kier alpha value is -2.43. The zero-order valence-electron chi connectivity index (χ0n) is 10.7. The van der Waals surface area contributed by atoms with Crippen LogP contribution in [0, 0.1) is 21.4 Å². The Kier molecular flexibility index (Phi) is 4.52. The van der Waals surface area contributed by atoms with E-state index >= 15 is 0 Å². The van der Waals surface area contributed by atoms with E-state index in [0.717, 1.165) is 4.47 Å². The van der Waals surface area contributed by atoms with Gasteiger partial charge in [-0.2, -0.15) is 5.26 Å². The number of nitro groups is 1. The maximum atomic E-state index is 11.1. The fourth-order valence-corrected chi connectivity index (χ4v) is 2.15. The van der Waals surface area contributed by atoms with E-state index in [-0.39, 0.29) is 23.5 Å². The summed E-state index contributed by atoms with van der Waals surface area (Å²) < 4.78 is 6.43. The minimum Gasteiger partial charge on any atom is -0.450 e. The molecule has 2 rings (SSSR count). The third-order valence-corrected chi connectivity index (χ3v) is 3.24. The molecule has 2 aromatic carbocycles. The van der Waals surface area contributed by atoms with Crippen LogP contribution in [0.15, 0.2) is 40.9 Å². The second kappa shape index (κ2) is 6.35. The summed E-state index contributed by atoms with van der Waals surface area (Å²) in [5.41, 5.74) is 6.28. The maximum absolute atomic E-state index is 11.1. The van der Waals surface area contributed by atoms with E-state index in [9.17, 15) is 10.1 Å². The first-order chi connectivity index (χ1) is 10.0. The van der Waals surface area contributed by atoms with Gasteiger partial charge in [-0.1, -0.05) is 15.9 Å². The Bertz CT molecular complexity index is 741. The standard InChI is InChI=1S/C14H10BrN3O3/c15-11-2-4-13(10(6-11)8-17)21-14-3-1-9(7-16)5-12(14)18(19)20/h1-6H,8,17H2. The van der Waals surface area contributed by atoms with Gasteiger partial charge in [0, 0.05) is 22.6 Å². The molecule has 0 aliphatic carbocycles. The number of hydrogen-bond donors (Lipinski definition) is 1. The molecule has 0 aromatic heterocycles. The summed E-state index contributed by atoms with van der Waals surface area (Å²) >= 11 is 3.32. The number of benzene rings is 2. The van der Waals surface area contributed by atoms with Gasteiger partial charge in [0.25, 0.3) is 0 Å². The SMILES string of the molecule is N#Cc1ccc(Oc2ccc(Br)cc2CN)c([N+](=O)[O-])c1. The maximum Gasteiger partial charge on any atom is 0.312 e. The van der Waals surface area contributed by atoms with Gasteiger partial charge in [0.05, 0.1) is 16.6 Å². The lowest BCUT2D eigenvalue weighted by Crippen LogP contribution is -2.01. The first-order valence-electron chi connectivity index (χ1n) is 5.90. The van der Waals surface area contributed by atoms with Crippen LogP contribution in [0.1, 0.15) is 11.1 Å². The monoisotopic (exact) mass is 347 g/mol. The van der Waals surface area contributed by atoms with Gasteiger partial charge < -0.3 is 10.5 Å². The third kappa shape index (κ3) is 3.37. The van der Waals surface area contributed by atoms with Crippen molar-refractivity contribution < 1.29 is 9.66 Å². The summed E-state index contributed by atoms with van der Waals surface area (Å²) in [6, 6.07) is 11.1. The molecule has 0 saturated carbocycles.